The monoisotopic (exact) mass is 361 g/mol. The molecule has 0 saturated heterocycles. The summed E-state index contributed by atoms with van der Waals surface area (Å²) in [6.45, 7) is 0.564. The molecule has 1 aromatic carbocycles. The van der Waals surface area contributed by atoms with E-state index in [0.29, 0.717) is 39.9 Å². The molecule has 3 aromatic rings. The summed E-state index contributed by atoms with van der Waals surface area (Å²) < 4.78 is 7.64. The summed E-state index contributed by atoms with van der Waals surface area (Å²) in [5, 5.41) is 0.757. The van der Waals surface area contributed by atoms with E-state index in [1.807, 2.05) is 0 Å². The highest BCUT2D eigenvalue weighted by Crippen LogP contribution is 2.36. The van der Waals surface area contributed by atoms with E-state index >= 15 is 0 Å². The molecule has 0 fully saturated rings. The Morgan fingerprint density at radius 2 is 2.00 bits per heavy atom. The molecule has 0 radical (unpaired) electrons. The van der Waals surface area contributed by atoms with Crippen molar-refractivity contribution in [3.63, 3.8) is 0 Å². The molecule has 0 bridgehead atoms. The molecular formula is C16H13Cl2N5O. The van der Waals surface area contributed by atoms with Crippen molar-refractivity contribution < 1.29 is 4.74 Å². The number of nitrogens with zero attached hydrogens (tertiary/aromatic N) is 4. The van der Waals surface area contributed by atoms with Gasteiger partial charge in [0.15, 0.2) is 22.7 Å². The van der Waals surface area contributed by atoms with Crippen molar-refractivity contribution in [2.45, 2.75) is 19.4 Å². The van der Waals surface area contributed by atoms with E-state index in [1.54, 1.807) is 22.8 Å². The van der Waals surface area contributed by atoms with Crippen LogP contribution in [0.15, 0.2) is 24.5 Å². The number of aromatic nitrogens is 4. The first-order valence-corrected chi connectivity index (χ1v) is 7.89. The van der Waals surface area contributed by atoms with E-state index in [-0.39, 0.29) is 11.8 Å². The molecule has 0 amide bonds. The molecule has 122 valence electrons. The van der Waals surface area contributed by atoms with Gasteiger partial charge in [-0.3, -0.25) is 4.57 Å². The van der Waals surface area contributed by atoms with E-state index in [4.69, 9.17) is 40.1 Å². The van der Waals surface area contributed by atoms with Crippen LogP contribution in [0.3, 0.4) is 0 Å². The van der Waals surface area contributed by atoms with Gasteiger partial charge in [-0.25, -0.2) is 9.97 Å². The summed E-state index contributed by atoms with van der Waals surface area (Å²) in [4.78, 5) is 12.6. The zero-order chi connectivity index (χ0) is 17.1. The summed E-state index contributed by atoms with van der Waals surface area (Å²) in [7, 11) is 0. The molecule has 6 nitrogen and oxygen atoms in total. The van der Waals surface area contributed by atoms with Crippen molar-refractivity contribution in [2.75, 3.05) is 5.73 Å². The van der Waals surface area contributed by atoms with E-state index in [1.165, 1.54) is 6.33 Å². The van der Waals surface area contributed by atoms with Crippen LogP contribution in [0.25, 0.3) is 11.2 Å². The zero-order valence-electron chi connectivity index (χ0n) is 12.5. The van der Waals surface area contributed by atoms with Crippen LogP contribution in [0, 0.1) is 12.3 Å². The van der Waals surface area contributed by atoms with Crippen LogP contribution < -0.4 is 10.5 Å². The number of unbranched alkanes of at least 4 members (excludes halogenated alkanes) is 1. The van der Waals surface area contributed by atoms with Gasteiger partial charge >= 0.3 is 6.01 Å². The van der Waals surface area contributed by atoms with Gasteiger partial charge in [0, 0.05) is 13.0 Å². The third-order valence-corrected chi connectivity index (χ3v) is 3.94. The summed E-state index contributed by atoms with van der Waals surface area (Å²) in [6.07, 6.45) is 8.05. The van der Waals surface area contributed by atoms with Crippen LogP contribution in [-0.2, 0) is 6.54 Å². The molecule has 0 aliphatic rings. The predicted molar refractivity (Wildman–Crippen MR) is 94.3 cm³/mol. The lowest BCUT2D eigenvalue weighted by Crippen LogP contribution is -2.03. The van der Waals surface area contributed by atoms with Crippen LogP contribution in [0.4, 0.5) is 5.82 Å². The minimum atomic E-state index is 0.269. The number of ether oxygens (including phenoxy) is 1. The van der Waals surface area contributed by atoms with Crippen LogP contribution in [-0.4, -0.2) is 19.5 Å². The Balaban J connectivity index is 2.07. The molecule has 2 aromatic heterocycles. The Hall–Kier alpha value is -2.49. The lowest BCUT2D eigenvalue weighted by atomic mass is 10.3. The highest BCUT2D eigenvalue weighted by Gasteiger charge is 2.18. The van der Waals surface area contributed by atoms with Crippen molar-refractivity contribution >= 4 is 40.2 Å². The molecular weight excluding hydrogens is 349 g/mol. The number of benzene rings is 1. The topological polar surface area (TPSA) is 78.9 Å². The number of imidazole rings is 1. The molecule has 3 rings (SSSR count). The predicted octanol–water partition coefficient (Wildman–Crippen LogP) is 3.92. The van der Waals surface area contributed by atoms with Gasteiger partial charge in [0.1, 0.15) is 6.33 Å². The van der Waals surface area contributed by atoms with Gasteiger partial charge in [0.25, 0.3) is 0 Å². The highest BCUT2D eigenvalue weighted by molar-refractivity contribution is 6.37. The molecule has 2 heterocycles. The average molecular weight is 362 g/mol. The van der Waals surface area contributed by atoms with E-state index in [0.717, 1.165) is 6.42 Å². The number of fused-ring (bicyclic) bond motifs is 1. The first-order valence-electron chi connectivity index (χ1n) is 7.14. The average Bonchev–Trinajstić information content (AvgIpc) is 2.91. The van der Waals surface area contributed by atoms with Crippen LogP contribution in [0.5, 0.6) is 11.8 Å². The number of halogens is 2. The fourth-order valence-corrected chi connectivity index (χ4v) is 2.70. The Kier molecular flexibility index (Phi) is 4.74. The third-order valence-electron chi connectivity index (χ3n) is 3.34. The molecule has 8 heteroatoms. The second-order valence-corrected chi connectivity index (χ2v) is 5.75. The summed E-state index contributed by atoms with van der Waals surface area (Å²) in [5.41, 5.74) is 6.90. The van der Waals surface area contributed by atoms with E-state index < -0.39 is 0 Å². The second kappa shape index (κ2) is 6.95. The van der Waals surface area contributed by atoms with E-state index in [2.05, 4.69) is 20.9 Å². The maximum absolute atomic E-state index is 6.16. The molecule has 0 aliphatic carbocycles. The summed E-state index contributed by atoms with van der Waals surface area (Å²) >= 11 is 12.3. The Labute approximate surface area is 148 Å². The van der Waals surface area contributed by atoms with Crippen molar-refractivity contribution in [2.24, 2.45) is 0 Å². The van der Waals surface area contributed by atoms with Gasteiger partial charge in [-0.15, -0.1) is 12.3 Å². The number of hydrogen-bond acceptors (Lipinski definition) is 5. The number of aryl methyl sites for hydroxylation is 1. The Morgan fingerprint density at radius 3 is 2.71 bits per heavy atom. The van der Waals surface area contributed by atoms with Crippen molar-refractivity contribution in [1.29, 1.82) is 0 Å². The molecule has 0 atom stereocenters. The summed E-state index contributed by atoms with van der Waals surface area (Å²) in [5.74, 6) is 3.19. The van der Waals surface area contributed by atoms with Crippen LogP contribution in [0.1, 0.15) is 12.8 Å². The number of terminal acetylenes is 1. The lowest BCUT2D eigenvalue weighted by Gasteiger charge is -2.10. The van der Waals surface area contributed by atoms with Gasteiger partial charge in [-0.2, -0.15) is 4.98 Å². The van der Waals surface area contributed by atoms with Gasteiger partial charge in [0.2, 0.25) is 0 Å². The number of rotatable bonds is 5. The zero-order valence-corrected chi connectivity index (χ0v) is 14.1. The van der Waals surface area contributed by atoms with Gasteiger partial charge in [-0.05, 0) is 18.6 Å². The number of para-hydroxylation sites is 1. The molecule has 24 heavy (non-hydrogen) atoms. The number of nitrogens with two attached hydrogens (primary N) is 1. The molecule has 0 saturated carbocycles. The van der Waals surface area contributed by atoms with Crippen molar-refractivity contribution in [3.05, 3.63) is 34.6 Å². The fraction of sp³-hybridized carbons (Fsp3) is 0.188. The minimum Gasteiger partial charge on any atom is -0.422 e. The van der Waals surface area contributed by atoms with Crippen molar-refractivity contribution in [1.82, 2.24) is 19.5 Å². The minimum absolute atomic E-state index is 0.269. The van der Waals surface area contributed by atoms with Crippen LogP contribution in [0.2, 0.25) is 10.0 Å². The molecule has 2 N–H and O–H groups in total. The number of anilines is 1. The second-order valence-electron chi connectivity index (χ2n) is 4.94. The third kappa shape index (κ3) is 3.09. The quantitative estimate of drug-likeness (QED) is 0.550. The SMILES string of the molecule is C#CCCCn1c(Oc2c(Cl)cccc2Cl)nc2c(N)ncnc21. The number of hydrogen-bond donors (Lipinski definition) is 1. The first kappa shape index (κ1) is 16.4. The first-order chi connectivity index (χ1) is 11.6. The Morgan fingerprint density at radius 1 is 1.25 bits per heavy atom. The number of nitrogen functional groups attached to an aromatic ring is 1. The van der Waals surface area contributed by atoms with Crippen molar-refractivity contribution in [3.8, 4) is 24.1 Å². The van der Waals surface area contributed by atoms with Gasteiger partial charge < -0.3 is 10.5 Å². The maximum atomic E-state index is 6.16. The van der Waals surface area contributed by atoms with Gasteiger partial charge in [-0.1, -0.05) is 29.3 Å². The van der Waals surface area contributed by atoms with Crippen LogP contribution >= 0.6 is 23.2 Å². The standard InChI is InChI=1S/C16H13Cl2N5O/c1-2-3-4-8-23-15-12(14(19)20-9-21-15)22-16(23)24-13-10(17)6-5-7-11(13)18/h1,5-7,9H,3-4,8H2,(H2,19,20,21). The largest absolute Gasteiger partial charge is 0.422 e. The fourth-order valence-electron chi connectivity index (χ4n) is 2.22. The highest BCUT2D eigenvalue weighted by atomic mass is 35.5. The normalized spacial score (nSPS) is 10.7. The smallest absolute Gasteiger partial charge is 0.304 e. The lowest BCUT2D eigenvalue weighted by molar-refractivity contribution is 0.412. The maximum Gasteiger partial charge on any atom is 0.304 e. The molecule has 0 unspecified atom stereocenters. The summed E-state index contributed by atoms with van der Waals surface area (Å²) in [6, 6.07) is 5.38. The van der Waals surface area contributed by atoms with Gasteiger partial charge in [0.05, 0.1) is 10.0 Å². The van der Waals surface area contributed by atoms with E-state index in [9.17, 15) is 0 Å². The molecule has 0 spiro atoms. The Bertz CT molecular complexity index is 912. The molecule has 0 aliphatic heterocycles.